The van der Waals surface area contributed by atoms with Crippen LogP contribution in [-0.2, 0) is 16.6 Å². The predicted octanol–water partition coefficient (Wildman–Crippen LogP) is 2.44. The van der Waals surface area contributed by atoms with Gasteiger partial charge in [-0.25, -0.2) is 13.1 Å². The van der Waals surface area contributed by atoms with Crippen molar-refractivity contribution in [2.24, 2.45) is 5.73 Å². The zero-order valence-corrected chi connectivity index (χ0v) is 12.5. The van der Waals surface area contributed by atoms with Gasteiger partial charge in [-0.2, -0.15) is 0 Å². The highest BCUT2D eigenvalue weighted by atomic mass is 32.2. The summed E-state index contributed by atoms with van der Waals surface area (Å²) in [5.41, 5.74) is 5.68. The van der Waals surface area contributed by atoms with Gasteiger partial charge in [0.2, 0.25) is 10.0 Å². The largest absolute Gasteiger partial charge is 0.326 e. The molecule has 3 N–H and O–H groups in total. The smallest absolute Gasteiger partial charge is 0.242 e. The molecule has 0 spiro atoms. The normalized spacial score (nSPS) is 12.1. The van der Waals surface area contributed by atoms with E-state index < -0.39 is 10.0 Å². The van der Waals surface area contributed by atoms with Crippen molar-refractivity contribution in [3.63, 3.8) is 0 Å². The van der Waals surface area contributed by atoms with E-state index >= 15 is 0 Å². The van der Waals surface area contributed by atoms with E-state index in [-0.39, 0.29) is 6.54 Å². The Morgan fingerprint density at radius 2 is 2.05 bits per heavy atom. The maximum Gasteiger partial charge on any atom is 0.242 e. The van der Waals surface area contributed by atoms with Gasteiger partial charge in [-0.05, 0) is 12.5 Å². The summed E-state index contributed by atoms with van der Waals surface area (Å²) in [7, 11) is -3.48. The molecule has 0 aliphatic rings. The maximum atomic E-state index is 12.4. The predicted molar refractivity (Wildman–Crippen MR) is 79.8 cm³/mol. The molecule has 1 aromatic heterocycles. The number of nitrogens with two attached hydrogens (primary N) is 1. The minimum Gasteiger partial charge on any atom is -0.326 e. The molecule has 0 radical (unpaired) electrons. The zero-order valence-electron chi connectivity index (χ0n) is 10.8. The Balaban J connectivity index is 2.48. The second-order valence-electron chi connectivity index (χ2n) is 4.31. The second kappa shape index (κ2) is 6.00. The van der Waals surface area contributed by atoms with Gasteiger partial charge in [0.25, 0.3) is 0 Å². The van der Waals surface area contributed by atoms with Crippen molar-refractivity contribution >= 4 is 31.4 Å². The number of unbranched alkanes of at least 4 members (excludes halogenated alkanes) is 1. The minimum absolute atomic E-state index is 0.239. The molecule has 0 bridgehead atoms. The van der Waals surface area contributed by atoms with Crippen LogP contribution in [-0.4, -0.2) is 15.0 Å². The van der Waals surface area contributed by atoms with Crippen molar-refractivity contribution in [3.05, 3.63) is 29.1 Å². The molecule has 2 rings (SSSR count). The average molecular weight is 298 g/mol. The van der Waals surface area contributed by atoms with E-state index in [9.17, 15) is 8.42 Å². The molecule has 104 valence electrons. The van der Waals surface area contributed by atoms with Gasteiger partial charge < -0.3 is 5.73 Å². The van der Waals surface area contributed by atoms with Crippen LogP contribution in [0.15, 0.2) is 29.2 Å². The molecule has 6 heteroatoms. The van der Waals surface area contributed by atoms with Gasteiger partial charge in [-0.15, -0.1) is 11.3 Å². The number of thiophene rings is 1. The van der Waals surface area contributed by atoms with Crippen LogP contribution in [0.4, 0.5) is 0 Å². The van der Waals surface area contributed by atoms with Gasteiger partial charge in [0, 0.05) is 28.1 Å². The number of sulfonamides is 1. The van der Waals surface area contributed by atoms with Gasteiger partial charge in [0.1, 0.15) is 4.90 Å². The minimum atomic E-state index is -3.48. The van der Waals surface area contributed by atoms with E-state index in [0.29, 0.717) is 16.3 Å². The topological polar surface area (TPSA) is 72.2 Å². The summed E-state index contributed by atoms with van der Waals surface area (Å²) in [4.78, 5) is 1.07. The lowest BCUT2D eigenvalue weighted by molar-refractivity contribution is 0.578. The third-order valence-corrected chi connectivity index (χ3v) is 5.80. The third kappa shape index (κ3) is 2.97. The number of hydrogen-bond donors (Lipinski definition) is 2. The van der Waals surface area contributed by atoms with Crippen molar-refractivity contribution in [1.29, 1.82) is 0 Å². The second-order valence-corrected chi connectivity index (χ2v) is 7.15. The van der Waals surface area contributed by atoms with E-state index in [0.717, 1.165) is 22.9 Å². The fourth-order valence-corrected chi connectivity index (χ4v) is 4.86. The SMILES string of the molecule is CCCCNS(=O)(=O)c1c(CN)sc2ccccc12. The Labute approximate surface area is 117 Å². The molecule has 1 aromatic carbocycles. The highest BCUT2D eigenvalue weighted by molar-refractivity contribution is 7.90. The molecule has 1 heterocycles. The molecule has 0 aliphatic carbocycles. The zero-order chi connectivity index (χ0) is 13.9. The van der Waals surface area contributed by atoms with Crippen LogP contribution in [0.25, 0.3) is 10.1 Å². The van der Waals surface area contributed by atoms with Gasteiger partial charge in [-0.3, -0.25) is 0 Å². The summed E-state index contributed by atoms with van der Waals surface area (Å²) in [6.45, 7) is 2.73. The van der Waals surface area contributed by atoms with Gasteiger partial charge in [0.05, 0.1) is 0 Å². The van der Waals surface area contributed by atoms with Gasteiger partial charge in [0.15, 0.2) is 0 Å². The summed E-state index contributed by atoms with van der Waals surface area (Å²) in [5.74, 6) is 0. The Morgan fingerprint density at radius 1 is 1.32 bits per heavy atom. The van der Waals surface area contributed by atoms with E-state index in [1.807, 2.05) is 31.2 Å². The van der Waals surface area contributed by atoms with Crippen LogP contribution in [0.1, 0.15) is 24.6 Å². The first-order chi connectivity index (χ1) is 9.10. The Bertz CT molecular complexity index is 662. The van der Waals surface area contributed by atoms with Crippen LogP contribution in [0.5, 0.6) is 0 Å². The number of benzene rings is 1. The first kappa shape index (κ1) is 14.5. The molecule has 0 atom stereocenters. The highest BCUT2D eigenvalue weighted by Crippen LogP contribution is 2.34. The van der Waals surface area contributed by atoms with Crippen molar-refractivity contribution in [1.82, 2.24) is 4.72 Å². The van der Waals surface area contributed by atoms with Gasteiger partial charge >= 0.3 is 0 Å². The average Bonchev–Trinajstić information content (AvgIpc) is 2.78. The number of hydrogen-bond acceptors (Lipinski definition) is 4. The van der Waals surface area contributed by atoms with Crippen LogP contribution in [0.2, 0.25) is 0 Å². The molecule has 0 saturated carbocycles. The van der Waals surface area contributed by atoms with Crippen LogP contribution < -0.4 is 10.5 Å². The highest BCUT2D eigenvalue weighted by Gasteiger charge is 2.23. The molecule has 0 saturated heterocycles. The third-order valence-electron chi connectivity index (χ3n) is 2.89. The Kier molecular flexibility index (Phi) is 4.57. The van der Waals surface area contributed by atoms with E-state index in [4.69, 9.17) is 5.73 Å². The Morgan fingerprint density at radius 3 is 2.74 bits per heavy atom. The van der Waals surface area contributed by atoms with Crippen LogP contribution in [0, 0.1) is 0 Å². The fourth-order valence-electron chi connectivity index (χ4n) is 1.96. The van der Waals surface area contributed by atoms with Crippen molar-refractivity contribution < 1.29 is 8.42 Å². The molecule has 0 fully saturated rings. The molecule has 2 aromatic rings. The first-order valence-electron chi connectivity index (χ1n) is 6.30. The van der Waals surface area contributed by atoms with Gasteiger partial charge in [-0.1, -0.05) is 31.5 Å². The number of nitrogens with one attached hydrogen (secondary N) is 1. The summed E-state index contributed by atoms with van der Waals surface area (Å²) in [5, 5.41) is 0.761. The fraction of sp³-hybridized carbons (Fsp3) is 0.385. The maximum absolute atomic E-state index is 12.4. The summed E-state index contributed by atoms with van der Waals surface area (Å²) >= 11 is 1.45. The molecule has 19 heavy (non-hydrogen) atoms. The lowest BCUT2D eigenvalue weighted by atomic mass is 10.2. The monoisotopic (exact) mass is 298 g/mol. The Hall–Kier alpha value is -0.950. The molecule has 0 unspecified atom stereocenters. The molecule has 0 amide bonds. The molecule has 4 nitrogen and oxygen atoms in total. The van der Waals surface area contributed by atoms with E-state index in [1.54, 1.807) is 0 Å². The van der Waals surface area contributed by atoms with Crippen molar-refractivity contribution in [2.75, 3.05) is 6.54 Å². The van der Waals surface area contributed by atoms with E-state index in [2.05, 4.69) is 4.72 Å². The standard InChI is InChI=1S/C13H18N2O2S2/c1-2-3-8-15-19(16,17)13-10-6-4-5-7-11(10)18-12(13)9-14/h4-7,15H,2-3,8-9,14H2,1H3. The number of rotatable bonds is 6. The lowest BCUT2D eigenvalue weighted by Gasteiger charge is -2.07. The first-order valence-corrected chi connectivity index (χ1v) is 8.60. The number of fused-ring (bicyclic) bond motifs is 1. The molecular weight excluding hydrogens is 280 g/mol. The quantitative estimate of drug-likeness (QED) is 0.805. The summed E-state index contributed by atoms with van der Waals surface area (Å²) in [6.07, 6.45) is 1.79. The van der Waals surface area contributed by atoms with Crippen molar-refractivity contribution in [3.8, 4) is 0 Å². The lowest BCUT2D eigenvalue weighted by Crippen LogP contribution is -2.25. The molecular formula is C13H18N2O2S2. The summed E-state index contributed by atoms with van der Waals surface area (Å²) < 4.78 is 28.4. The van der Waals surface area contributed by atoms with Crippen LogP contribution in [0.3, 0.4) is 0 Å². The summed E-state index contributed by atoms with van der Waals surface area (Å²) in [6, 6.07) is 7.50. The van der Waals surface area contributed by atoms with Crippen LogP contribution >= 0.6 is 11.3 Å². The van der Waals surface area contributed by atoms with Crippen molar-refractivity contribution in [2.45, 2.75) is 31.2 Å². The molecule has 0 aliphatic heterocycles. The van der Waals surface area contributed by atoms with E-state index in [1.165, 1.54) is 11.3 Å².